The first kappa shape index (κ1) is 68.1. The van der Waals surface area contributed by atoms with E-state index in [9.17, 15) is 14.4 Å². The first-order valence-electron chi connectivity index (χ1n) is 30.8. The fourth-order valence-corrected chi connectivity index (χ4v) is 8.79. The summed E-state index contributed by atoms with van der Waals surface area (Å²) in [4.78, 5) is 38.3. The van der Waals surface area contributed by atoms with Crippen LogP contribution in [-0.4, -0.2) is 37.2 Å². The maximum Gasteiger partial charge on any atom is 0.306 e. The number of ether oxygens (including phenoxy) is 3. The molecule has 1 unspecified atom stereocenters. The smallest absolute Gasteiger partial charge is 0.306 e. The van der Waals surface area contributed by atoms with Gasteiger partial charge >= 0.3 is 17.9 Å². The fraction of sp³-hybridized carbons (Fsp3) is 0.800. The van der Waals surface area contributed by atoms with Gasteiger partial charge in [-0.05, 0) is 109 Å². The number of unbranched alkanes of at least 4 members (excludes halogenated alkanes) is 35. The summed E-state index contributed by atoms with van der Waals surface area (Å²) in [6.07, 6.45) is 74.9. The Bertz CT molecular complexity index is 1280. The van der Waals surface area contributed by atoms with E-state index in [2.05, 4.69) is 81.5 Å². The van der Waals surface area contributed by atoms with Crippen molar-refractivity contribution < 1.29 is 28.6 Å². The molecule has 0 saturated carbocycles. The van der Waals surface area contributed by atoms with E-state index in [1.54, 1.807) is 0 Å². The highest BCUT2D eigenvalue weighted by atomic mass is 16.6. The van der Waals surface area contributed by atoms with E-state index in [0.717, 1.165) is 83.5 Å². The first-order chi connectivity index (χ1) is 35.0. The molecule has 71 heavy (non-hydrogen) atoms. The summed E-state index contributed by atoms with van der Waals surface area (Å²) in [5, 5.41) is 0. The minimum absolute atomic E-state index is 0.0797. The molecule has 0 spiro atoms. The maximum absolute atomic E-state index is 12.9. The van der Waals surface area contributed by atoms with Crippen LogP contribution in [0.3, 0.4) is 0 Å². The van der Waals surface area contributed by atoms with Crippen LogP contribution in [-0.2, 0) is 28.6 Å². The Kier molecular flexibility index (Phi) is 57.2. The van der Waals surface area contributed by atoms with Crippen LogP contribution in [0.5, 0.6) is 0 Å². The molecule has 0 fully saturated rings. The molecule has 0 aromatic carbocycles. The zero-order valence-corrected chi connectivity index (χ0v) is 47.2. The minimum Gasteiger partial charge on any atom is -0.462 e. The second kappa shape index (κ2) is 59.7. The van der Waals surface area contributed by atoms with Crippen LogP contribution in [0.25, 0.3) is 0 Å². The quantitative estimate of drug-likeness (QED) is 0.0261. The van der Waals surface area contributed by atoms with Gasteiger partial charge < -0.3 is 14.2 Å². The Morgan fingerprint density at radius 2 is 0.507 bits per heavy atom. The van der Waals surface area contributed by atoms with E-state index < -0.39 is 6.10 Å². The van der Waals surface area contributed by atoms with E-state index in [0.29, 0.717) is 19.3 Å². The first-order valence-corrected chi connectivity index (χ1v) is 30.8. The molecule has 1 atom stereocenters. The second-order valence-corrected chi connectivity index (χ2v) is 20.6. The third-order valence-electron chi connectivity index (χ3n) is 13.5. The number of rotatable bonds is 56. The number of hydrogen-bond acceptors (Lipinski definition) is 6. The number of esters is 3. The largest absolute Gasteiger partial charge is 0.462 e. The molecule has 0 aromatic rings. The summed E-state index contributed by atoms with van der Waals surface area (Å²) in [5.41, 5.74) is 0. The average Bonchev–Trinajstić information content (AvgIpc) is 3.37. The van der Waals surface area contributed by atoms with Crippen molar-refractivity contribution in [1.29, 1.82) is 0 Å². The number of allylic oxidation sites excluding steroid dienone is 10. The molecule has 412 valence electrons. The van der Waals surface area contributed by atoms with Crippen LogP contribution in [0.1, 0.15) is 316 Å². The van der Waals surface area contributed by atoms with Gasteiger partial charge in [-0.15, -0.1) is 0 Å². The summed E-state index contributed by atoms with van der Waals surface area (Å²) in [6, 6.07) is 0. The molecule has 0 aliphatic carbocycles. The lowest BCUT2D eigenvalue weighted by Gasteiger charge is -2.18. The van der Waals surface area contributed by atoms with Crippen LogP contribution >= 0.6 is 0 Å². The fourth-order valence-electron chi connectivity index (χ4n) is 8.79. The van der Waals surface area contributed by atoms with Gasteiger partial charge in [-0.3, -0.25) is 14.4 Å². The van der Waals surface area contributed by atoms with Crippen LogP contribution in [0.4, 0.5) is 0 Å². The molecule has 0 radical (unpaired) electrons. The molecule has 0 aliphatic heterocycles. The molecule has 0 aromatic heterocycles. The van der Waals surface area contributed by atoms with Crippen molar-refractivity contribution in [2.24, 2.45) is 0 Å². The Morgan fingerprint density at radius 1 is 0.282 bits per heavy atom. The van der Waals surface area contributed by atoms with Gasteiger partial charge in [-0.1, -0.05) is 248 Å². The van der Waals surface area contributed by atoms with Gasteiger partial charge in [0.2, 0.25) is 0 Å². The Morgan fingerprint density at radius 3 is 0.817 bits per heavy atom. The maximum atomic E-state index is 12.9. The molecule has 0 bridgehead atoms. The second-order valence-electron chi connectivity index (χ2n) is 20.6. The Hall–Kier alpha value is -2.89. The van der Waals surface area contributed by atoms with Crippen molar-refractivity contribution >= 4 is 17.9 Å². The van der Waals surface area contributed by atoms with E-state index >= 15 is 0 Å². The summed E-state index contributed by atoms with van der Waals surface area (Å²) in [5.74, 6) is -0.883. The number of hydrogen-bond donors (Lipinski definition) is 0. The van der Waals surface area contributed by atoms with Crippen LogP contribution in [0.15, 0.2) is 60.8 Å². The van der Waals surface area contributed by atoms with Crippen molar-refractivity contribution in [3.63, 3.8) is 0 Å². The van der Waals surface area contributed by atoms with Gasteiger partial charge in [-0.25, -0.2) is 0 Å². The normalized spacial score (nSPS) is 12.4. The van der Waals surface area contributed by atoms with Crippen molar-refractivity contribution in [2.75, 3.05) is 13.2 Å². The molecular formula is C65H116O6. The summed E-state index contributed by atoms with van der Waals surface area (Å²) in [7, 11) is 0. The molecule has 0 saturated heterocycles. The number of carbonyl (C=O) groups is 3. The van der Waals surface area contributed by atoms with Gasteiger partial charge in [0.1, 0.15) is 13.2 Å². The summed E-state index contributed by atoms with van der Waals surface area (Å²) < 4.78 is 16.9. The van der Waals surface area contributed by atoms with E-state index in [-0.39, 0.29) is 31.1 Å². The molecule has 0 N–H and O–H groups in total. The van der Waals surface area contributed by atoms with Crippen molar-refractivity contribution in [1.82, 2.24) is 0 Å². The molecule has 6 nitrogen and oxygen atoms in total. The monoisotopic (exact) mass is 993 g/mol. The molecule has 0 heterocycles. The molecule has 0 aliphatic rings. The van der Waals surface area contributed by atoms with E-state index in [1.165, 1.54) is 193 Å². The third kappa shape index (κ3) is 57.9. The van der Waals surface area contributed by atoms with Gasteiger partial charge in [0.15, 0.2) is 6.10 Å². The molecular weight excluding hydrogens is 877 g/mol. The van der Waals surface area contributed by atoms with Gasteiger partial charge in [0.25, 0.3) is 0 Å². The predicted molar refractivity (Wildman–Crippen MR) is 307 cm³/mol. The molecule has 6 heteroatoms. The lowest BCUT2D eigenvalue weighted by Crippen LogP contribution is -2.30. The van der Waals surface area contributed by atoms with Gasteiger partial charge in [-0.2, -0.15) is 0 Å². The Labute approximate surface area is 440 Å². The SMILES string of the molecule is CCCCC/C=C\C/C=C\CCCCCCCCCC(=O)OCC(COC(=O)CCCCCCCCCCC/C=C\CCCCCCCC)OC(=O)CCCCCCCCC/C=C\C/C=C\CCCCC. The molecule has 0 rings (SSSR count). The van der Waals surface area contributed by atoms with E-state index in [4.69, 9.17) is 14.2 Å². The molecule has 0 amide bonds. The van der Waals surface area contributed by atoms with Crippen LogP contribution < -0.4 is 0 Å². The van der Waals surface area contributed by atoms with Crippen molar-refractivity contribution in [2.45, 2.75) is 322 Å². The highest BCUT2D eigenvalue weighted by Crippen LogP contribution is 2.16. The van der Waals surface area contributed by atoms with Crippen molar-refractivity contribution in [3.8, 4) is 0 Å². The lowest BCUT2D eigenvalue weighted by molar-refractivity contribution is -0.167. The number of carbonyl (C=O) groups excluding carboxylic acids is 3. The highest BCUT2D eigenvalue weighted by molar-refractivity contribution is 5.71. The standard InChI is InChI=1S/C65H116O6/c1-4-7-10-13-16-19-22-25-28-31-32-35-37-40-43-46-49-52-55-58-64(67)70-61-62(71-65(68)59-56-53-50-47-44-41-38-34-30-27-24-21-18-15-12-9-6-3)60-69-63(66)57-54-51-48-45-42-39-36-33-29-26-23-20-17-14-11-8-5-2/h17-18,20-21,25-30,62H,4-16,19,22-24,31-61H2,1-3H3/b20-17-,21-18-,28-25-,29-26-,30-27-. The van der Waals surface area contributed by atoms with Crippen LogP contribution in [0, 0.1) is 0 Å². The zero-order valence-electron chi connectivity index (χ0n) is 47.2. The summed E-state index contributed by atoms with van der Waals surface area (Å²) in [6.45, 7) is 6.61. The van der Waals surface area contributed by atoms with Crippen LogP contribution in [0.2, 0.25) is 0 Å². The Balaban J connectivity index is 4.38. The third-order valence-corrected chi connectivity index (χ3v) is 13.5. The highest BCUT2D eigenvalue weighted by Gasteiger charge is 2.19. The van der Waals surface area contributed by atoms with Gasteiger partial charge in [0, 0.05) is 19.3 Å². The predicted octanol–water partition coefficient (Wildman–Crippen LogP) is 20.8. The van der Waals surface area contributed by atoms with Crippen molar-refractivity contribution in [3.05, 3.63) is 60.8 Å². The summed E-state index contributed by atoms with van der Waals surface area (Å²) >= 11 is 0. The average molecular weight is 994 g/mol. The van der Waals surface area contributed by atoms with E-state index in [1.807, 2.05) is 0 Å². The topological polar surface area (TPSA) is 78.9 Å². The zero-order chi connectivity index (χ0) is 51.4. The van der Waals surface area contributed by atoms with Gasteiger partial charge in [0.05, 0.1) is 0 Å². The lowest BCUT2D eigenvalue weighted by atomic mass is 10.1. The minimum atomic E-state index is -0.783.